The van der Waals surface area contributed by atoms with Crippen LogP contribution in [0.4, 0.5) is 0 Å². The fraction of sp³-hybridized carbons (Fsp3) is 0.593. The molecule has 0 aromatic carbocycles. The molecule has 0 amide bonds. The van der Waals surface area contributed by atoms with Gasteiger partial charge in [0.1, 0.15) is 5.60 Å². The third kappa shape index (κ3) is 6.39. The normalized spacial score (nSPS) is 23.3. The molecule has 2 N–H and O–H groups in total. The lowest BCUT2D eigenvalue weighted by molar-refractivity contribution is 0.0563. The van der Waals surface area contributed by atoms with Gasteiger partial charge in [0.2, 0.25) is 17.1 Å². The number of hydrogen-bond donors (Lipinski definition) is 2. The van der Waals surface area contributed by atoms with Crippen molar-refractivity contribution in [1.82, 2.24) is 4.98 Å². The standard InChI is InChI=1S/C27H41NO5/c1-10-22-27(7,33-22)25(30)19(5)15-18(4)14-17(3)13-16(2)11-12-21-20(6)23(29)24(31-8)26(28-21)32-9/h11,14-15,19,22,25,30H,10,12-13H2,1-9H3,(H,28,29)/b16-11+,17-14+,18-15+/t19-,22?,25?,27?/m1/s1. The van der Waals surface area contributed by atoms with Gasteiger partial charge in [-0.1, -0.05) is 48.8 Å². The van der Waals surface area contributed by atoms with Gasteiger partial charge in [-0.2, -0.15) is 0 Å². The SMILES string of the molecule is CCC1OC1(C)C(O)[C@H](C)/C=C(C)/C=C(\C)C/C(C)=C/Cc1[nH]c(OC)c(OC)c(=O)c1C. The van der Waals surface area contributed by atoms with E-state index in [0.29, 0.717) is 17.9 Å². The minimum absolute atomic E-state index is 0.0112. The van der Waals surface area contributed by atoms with E-state index in [-0.39, 0.29) is 23.2 Å². The number of ether oxygens (including phenoxy) is 3. The van der Waals surface area contributed by atoms with Crippen molar-refractivity contribution in [1.29, 1.82) is 0 Å². The zero-order valence-corrected chi connectivity index (χ0v) is 21.7. The average Bonchev–Trinajstić information content (AvgIpc) is 3.45. The summed E-state index contributed by atoms with van der Waals surface area (Å²) in [6, 6.07) is 0. The van der Waals surface area contributed by atoms with E-state index in [1.54, 1.807) is 6.92 Å². The Morgan fingerprint density at radius 1 is 1.24 bits per heavy atom. The van der Waals surface area contributed by atoms with Crippen LogP contribution in [0.3, 0.4) is 0 Å². The maximum Gasteiger partial charge on any atom is 0.238 e. The van der Waals surface area contributed by atoms with Gasteiger partial charge >= 0.3 is 0 Å². The monoisotopic (exact) mass is 459 g/mol. The van der Waals surface area contributed by atoms with Crippen molar-refractivity contribution in [2.45, 2.75) is 85.5 Å². The molecule has 1 aromatic rings. The lowest BCUT2D eigenvalue weighted by Crippen LogP contribution is -2.34. The first kappa shape index (κ1) is 26.9. The highest BCUT2D eigenvalue weighted by Gasteiger charge is 2.57. The van der Waals surface area contributed by atoms with Crippen molar-refractivity contribution in [3.8, 4) is 11.6 Å². The molecule has 1 fully saturated rings. The topological polar surface area (TPSA) is 84.1 Å². The van der Waals surface area contributed by atoms with Gasteiger partial charge in [-0.05, 0) is 47.5 Å². The molecular formula is C27H41NO5. The van der Waals surface area contributed by atoms with Crippen molar-refractivity contribution in [2.75, 3.05) is 14.2 Å². The van der Waals surface area contributed by atoms with Gasteiger partial charge in [-0.3, -0.25) is 4.79 Å². The van der Waals surface area contributed by atoms with E-state index in [0.717, 1.165) is 24.1 Å². The molecule has 3 unspecified atom stereocenters. The molecule has 6 nitrogen and oxygen atoms in total. The van der Waals surface area contributed by atoms with E-state index in [1.165, 1.54) is 25.4 Å². The van der Waals surface area contributed by atoms with Gasteiger partial charge in [0.25, 0.3) is 0 Å². The third-order valence-electron chi connectivity index (χ3n) is 6.52. The Labute approximate surface area is 198 Å². The van der Waals surface area contributed by atoms with Crippen molar-refractivity contribution in [2.24, 2.45) is 5.92 Å². The average molecular weight is 460 g/mol. The smallest absolute Gasteiger partial charge is 0.238 e. The van der Waals surface area contributed by atoms with Gasteiger partial charge < -0.3 is 24.3 Å². The minimum atomic E-state index is -0.514. The van der Waals surface area contributed by atoms with Crippen LogP contribution in [0.15, 0.2) is 39.7 Å². The van der Waals surface area contributed by atoms with Crippen LogP contribution in [0.1, 0.15) is 65.6 Å². The second-order valence-electron chi connectivity index (χ2n) is 9.46. The molecule has 0 saturated carbocycles. The Morgan fingerprint density at radius 3 is 2.45 bits per heavy atom. The number of aliphatic hydroxyl groups is 1. The van der Waals surface area contributed by atoms with Gasteiger partial charge in [-0.15, -0.1) is 0 Å². The molecule has 4 atom stereocenters. The van der Waals surface area contributed by atoms with E-state index in [1.807, 2.05) is 13.8 Å². The van der Waals surface area contributed by atoms with Crippen LogP contribution in [0.5, 0.6) is 11.6 Å². The molecule has 2 heterocycles. The molecule has 0 aliphatic carbocycles. The lowest BCUT2D eigenvalue weighted by atomic mass is 9.88. The molecule has 0 radical (unpaired) electrons. The second-order valence-corrected chi connectivity index (χ2v) is 9.46. The van der Waals surface area contributed by atoms with E-state index >= 15 is 0 Å². The third-order valence-corrected chi connectivity index (χ3v) is 6.52. The summed E-state index contributed by atoms with van der Waals surface area (Å²) in [6.45, 7) is 14.2. The van der Waals surface area contributed by atoms with Gasteiger partial charge in [0.15, 0.2) is 0 Å². The maximum absolute atomic E-state index is 12.5. The zero-order chi connectivity index (χ0) is 24.9. The fourth-order valence-electron chi connectivity index (χ4n) is 4.56. The van der Waals surface area contributed by atoms with Gasteiger partial charge in [-0.25, -0.2) is 0 Å². The molecule has 1 aromatic heterocycles. The molecule has 6 heteroatoms. The molecule has 1 aliphatic rings. The summed E-state index contributed by atoms with van der Waals surface area (Å²) in [5, 5.41) is 10.7. The highest BCUT2D eigenvalue weighted by atomic mass is 16.6. The summed E-state index contributed by atoms with van der Waals surface area (Å²) < 4.78 is 16.2. The Morgan fingerprint density at radius 2 is 1.91 bits per heavy atom. The first-order valence-electron chi connectivity index (χ1n) is 11.7. The van der Waals surface area contributed by atoms with Crippen LogP contribution in [-0.2, 0) is 11.2 Å². The van der Waals surface area contributed by atoms with Crippen molar-refractivity contribution in [3.63, 3.8) is 0 Å². The molecular weight excluding hydrogens is 418 g/mol. The molecule has 0 bridgehead atoms. The highest BCUT2D eigenvalue weighted by molar-refractivity contribution is 5.40. The summed E-state index contributed by atoms with van der Waals surface area (Å²) in [4.78, 5) is 15.7. The van der Waals surface area contributed by atoms with E-state index in [4.69, 9.17) is 14.2 Å². The molecule has 0 spiro atoms. The number of rotatable bonds is 11. The Hall–Kier alpha value is -2.31. The first-order valence-corrected chi connectivity index (χ1v) is 11.7. The summed E-state index contributed by atoms with van der Waals surface area (Å²) in [6.07, 6.45) is 8.40. The number of methoxy groups -OCH3 is 2. The highest BCUT2D eigenvalue weighted by Crippen LogP contribution is 2.43. The number of pyridine rings is 1. The maximum atomic E-state index is 12.5. The van der Waals surface area contributed by atoms with Gasteiger partial charge in [0.05, 0.1) is 26.4 Å². The Kier molecular flexibility index (Phi) is 9.15. The first-order chi connectivity index (χ1) is 15.5. The van der Waals surface area contributed by atoms with E-state index < -0.39 is 11.7 Å². The quantitative estimate of drug-likeness (QED) is 0.275. The van der Waals surface area contributed by atoms with Crippen LogP contribution >= 0.6 is 0 Å². The van der Waals surface area contributed by atoms with Crippen LogP contribution in [0.25, 0.3) is 0 Å². The van der Waals surface area contributed by atoms with E-state index in [9.17, 15) is 9.90 Å². The predicted molar refractivity (Wildman–Crippen MR) is 133 cm³/mol. The van der Waals surface area contributed by atoms with Crippen molar-refractivity contribution in [3.05, 3.63) is 56.4 Å². The number of H-pyrrole nitrogens is 1. The Bertz CT molecular complexity index is 987. The molecule has 2 rings (SSSR count). The number of epoxide rings is 1. The number of aromatic amines is 1. The number of aliphatic hydroxyl groups excluding tert-OH is 1. The summed E-state index contributed by atoms with van der Waals surface area (Å²) >= 11 is 0. The number of allylic oxidation sites excluding steroid dienone is 5. The largest absolute Gasteiger partial charge is 0.488 e. The second kappa shape index (κ2) is 11.2. The fourth-order valence-corrected chi connectivity index (χ4v) is 4.56. The molecule has 184 valence electrons. The van der Waals surface area contributed by atoms with Crippen LogP contribution in [0.2, 0.25) is 0 Å². The number of hydrogen-bond acceptors (Lipinski definition) is 5. The summed E-state index contributed by atoms with van der Waals surface area (Å²) in [5.74, 6) is 0.558. The van der Waals surface area contributed by atoms with Crippen LogP contribution in [-0.4, -0.2) is 42.1 Å². The minimum Gasteiger partial charge on any atom is -0.488 e. The Balaban J connectivity index is 2.05. The van der Waals surface area contributed by atoms with Crippen molar-refractivity contribution >= 4 is 0 Å². The summed E-state index contributed by atoms with van der Waals surface area (Å²) in [7, 11) is 2.98. The van der Waals surface area contributed by atoms with E-state index in [2.05, 4.69) is 50.9 Å². The number of aromatic nitrogens is 1. The lowest BCUT2D eigenvalue weighted by Gasteiger charge is -2.21. The molecule has 1 aliphatic heterocycles. The van der Waals surface area contributed by atoms with Crippen molar-refractivity contribution < 1.29 is 19.3 Å². The zero-order valence-electron chi connectivity index (χ0n) is 21.7. The van der Waals surface area contributed by atoms with Crippen LogP contribution < -0.4 is 14.9 Å². The predicted octanol–water partition coefficient (Wildman–Crippen LogP) is 5.04. The summed E-state index contributed by atoms with van der Waals surface area (Å²) in [5.41, 5.74) is 4.45. The molecule has 1 saturated heterocycles. The van der Waals surface area contributed by atoms with Gasteiger partial charge in [0, 0.05) is 23.6 Å². The number of nitrogens with one attached hydrogen (secondary N) is 1. The molecule has 33 heavy (non-hydrogen) atoms. The van der Waals surface area contributed by atoms with Crippen LogP contribution in [0, 0.1) is 12.8 Å².